The average Bonchev–Trinajstić information content (AvgIpc) is 2.66. The Kier molecular flexibility index (Phi) is 4.59. The van der Waals surface area contributed by atoms with E-state index in [1.807, 2.05) is 0 Å². The van der Waals surface area contributed by atoms with Gasteiger partial charge in [0.25, 0.3) is 0 Å². The van der Waals surface area contributed by atoms with Crippen LogP contribution in [0.2, 0.25) is 0 Å². The highest BCUT2D eigenvalue weighted by Crippen LogP contribution is 2.37. The molecule has 104 valence electrons. The lowest BCUT2D eigenvalue weighted by atomic mass is 9.88. The molecule has 18 heavy (non-hydrogen) atoms. The maximum Gasteiger partial charge on any atom is 0.140 e. The van der Waals surface area contributed by atoms with Gasteiger partial charge in [0.05, 0.1) is 24.0 Å². The lowest BCUT2D eigenvalue weighted by Crippen LogP contribution is -2.42. The fraction of sp³-hybridized carbons (Fsp3) is 0.923. The molecule has 2 saturated heterocycles. The molecular weight excluding hydrogens is 232 g/mol. The van der Waals surface area contributed by atoms with E-state index in [0.29, 0.717) is 13.2 Å². The molecule has 2 fully saturated rings. The van der Waals surface area contributed by atoms with Gasteiger partial charge in [0.2, 0.25) is 0 Å². The molecule has 2 aliphatic heterocycles. The van der Waals surface area contributed by atoms with Crippen molar-refractivity contribution in [2.45, 2.75) is 37.9 Å². The van der Waals surface area contributed by atoms with E-state index in [9.17, 15) is 0 Å². The Morgan fingerprint density at radius 2 is 2.11 bits per heavy atom. The minimum atomic E-state index is 0.00930. The summed E-state index contributed by atoms with van der Waals surface area (Å²) in [5.74, 6) is 0. The zero-order valence-corrected chi connectivity index (χ0v) is 11.6. The van der Waals surface area contributed by atoms with Crippen molar-refractivity contribution in [2.75, 3.05) is 40.5 Å². The smallest absolute Gasteiger partial charge is 0.140 e. The van der Waals surface area contributed by atoms with Crippen molar-refractivity contribution in [3.05, 3.63) is 0 Å². The normalized spacial score (nSPS) is 30.2. The molecule has 1 atom stereocenters. The first kappa shape index (κ1) is 13.8. The van der Waals surface area contributed by atoms with E-state index in [2.05, 4.69) is 24.0 Å². The standard InChI is InChI=1S/C13H24N2O3/c1-11-12(14-17-9-8-16-3)10-13(18-11)4-6-15(2)7-5-13/h11H,4-10H2,1-3H3/b14-12+. The Hall–Kier alpha value is -0.650. The van der Waals surface area contributed by atoms with Crippen LogP contribution in [0.4, 0.5) is 0 Å². The second-order valence-electron chi connectivity index (χ2n) is 5.33. The first-order valence-electron chi connectivity index (χ1n) is 6.69. The van der Waals surface area contributed by atoms with E-state index in [4.69, 9.17) is 14.3 Å². The van der Waals surface area contributed by atoms with Crippen molar-refractivity contribution < 1.29 is 14.3 Å². The molecule has 0 aromatic heterocycles. The summed E-state index contributed by atoms with van der Waals surface area (Å²) in [6.45, 7) is 5.34. The summed E-state index contributed by atoms with van der Waals surface area (Å²) in [5, 5.41) is 4.21. The van der Waals surface area contributed by atoms with Crippen molar-refractivity contribution in [1.82, 2.24) is 4.90 Å². The highest BCUT2D eigenvalue weighted by Gasteiger charge is 2.44. The topological polar surface area (TPSA) is 43.3 Å². The van der Waals surface area contributed by atoms with Crippen LogP contribution in [0.15, 0.2) is 5.16 Å². The van der Waals surface area contributed by atoms with Gasteiger partial charge < -0.3 is 19.2 Å². The molecule has 5 heteroatoms. The summed E-state index contributed by atoms with van der Waals surface area (Å²) in [4.78, 5) is 7.61. The van der Waals surface area contributed by atoms with E-state index >= 15 is 0 Å². The number of likely N-dealkylation sites (tertiary alicyclic amines) is 1. The molecule has 5 nitrogen and oxygen atoms in total. The summed E-state index contributed by atoms with van der Waals surface area (Å²) in [7, 11) is 3.82. The monoisotopic (exact) mass is 256 g/mol. The van der Waals surface area contributed by atoms with Gasteiger partial charge in [-0.25, -0.2) is 0 Å². The predicted molar refractivity (Wildman–Crippen MR) is 69.9 cm³/mol. The first-order valence-corrected chi connectivity index (χ1v) is 6.69. The van der Waals surface area contributed by atoms with Crippen molar-refractivity contribution >= 4 is 5.71 Å². The van der Waals surface area contributed by atoms with Crippen LogP contribution in [0.25, 0.3) is 0 Å². The van der Waals surface area contributed by atoms with E-state index in [0.717, 1.165) is 38.1 Å². The van der Waals surface area contributed by atoms with Crippen LogP contribution in [-0.2, 0) is 14.3 Å². The van der Waals surface area contributed by atoms with Crippen LogP contribution in [0.1, 0.15) is 26.2 Å². The summed E-state index contributed by atoms with van der Waals surface area (Å²) in [6.07, 6.45) is 3.17. The third-order valence-corrected chi connectivity index (χ3v) is 3.86. The number of hydrogen-bond acceptors (Lipinski definition) is 5. The summed E-state index contributed by atoms with van der Waals surface area (Å²) < 4.78 is 11.1. The van der Waals surface area contributed by atoms with Crippen LogP contribution < -0.4 is 0 Å². The van der Waals surface area contributed by atoms with Gasteiger partial charge in [0.1, 0.15) is 6.61 Å². The quantitative estimate of drug-likeness (QED) is 0.561. The summed E-state index contributed by atoms with van der Waals surface area (Å²) in [5.41, 5.74) is 1.05. The van der Waals surface area contributed by atoms with Gasteiger partial charge in [-0.15, -0.1) is 0 Å². The predicted octanol–water partition coefficient (Wildman–Crippen LogP) is 1.28. The Morgan fingerprint density at radius 1 is 1.39 bits per heavy atom. The minimum Gasteiger partial charge on any atom is -0.393 e. The lowest BCUT2D eigenvalue weighted by molar-refractivity contribution is -0.0658. The third-order valence-electron chi connectivity index (χ3n) is 3.86. The van der Waals surface area contributed by atoms with E-state index in [1.165, 1.54) is 0 Å². The second-order valence-corrected chi connectivity index (χ2v) is 5.33. The van der Waals surface area contributed by atoms with Gasteiger partial charge in [-0.05, 0) is 26.8 Å². The maximum absolute atomic E-state index is 6.14. The van der Waals surface area contributed by atoms with Crippen LogP contribution in [0.5, 0.6) is 0 Å². The lowest BCUT2D eigenvalue weighted by Gasteiger charge is -2.36. The number of methoxy groups -OCH3 is 1. The number of ether oxygens (including phenoxy) is 2. The van der Waals surface area contributed by atoms with Gasteiger partial charge in [0, 0.05) is 26.6 Å². The number of oxime groups is 1. The highest BCUT2D eigenvalue weighted by molar-refractivity contribution is 5.90. The number of rotatable bonds is 4. The molecule has 2 heterocycles. The van der Waals surface area contributed by atoms with Crippen LogP contribution in [-0.4, -0.2) is 62.8 Å². The molecule has 0 radical (unpaired) electrons. The zero-order chi connectivity index (χ0) is 13.0. The van der Waals surface area contributed by atoms with Crippen molar-refractivity contribution in [2.24, 2.45) is 5.16 Å². The van der Waals surface area contributed by atoms with Gasteiger partial charge >= 0.3 is 0 Å². The molecule has 0 bridgehead atoms. The number of piperidine rings is 1. The van der Waals surface area contributed by atoms with Crippen molar-refractivity contribution in [3.8, 4) is 0 Å². The highest BCUT2D eigenvalue weighted by atomic mass is 16.6. The molecule has 0 amide bonds. The van der Waals surface area contributed by atoms with E-state index < -0.39 is 0 Å². The summed E-state index contributed by atoms with van der Waals surface area (Å²) in [6, 6.07) is 0. The Bertz CT molecular complexity index is 299. The number of nitrogens with zero attached hydrogens (tertiary/aromatic N) is 2. The van der Waals surface area contributed by atoms with Crippen molar-refractivity contribution in [1.29, 1.82) is 0 Å². The van der Waals surface area contributed by atoms with Crippen LogP contribution in [0, 0.1) is 0 Å². The molecule has 0 aromatic rings. The maximum atomic E-state index is 6.14. The van der Waals surface area contributed by atoms with Crippen molar-refractivity contribution in [3.63, 3.8) is 0 Å². The van der Waals surface area contributed by atoms with Gasteiger partial charge in [-0.3, -0.25) is 0 Å². The minimum absolute atomic E-state index is 0.00930. The molecule has 1 unspecified atom stereocenters. The first-order chi connectivity index (χ1) is 8.65. The molecular formula is C13H24N2O3. The molecule has 0 aliphatic carbocycles. The van der Waals surface area contributed by atoms with E-state index in [1.54, 1.807) is 7.11 Å². The Labute approximate surface area is 109 Å². The fourth-order valence-corrected chi connectivity index (χ4v) is 2.63. The zero-order valence-electron chi connectivity index (χ0n) is 11.6. The Morgan fingerprint density at radius 3 is 2.78 bits per heavy atom. The van der Waals surface area contributed by atoms with Gasteiger partial charge in [-0.1, -0.05) is 5.16 Å². The average molecular weight is 256 g/mol. The third kappa shape index (κ3) is 3.22. The SMILES string of the molecule is COCCO/N=C1\CC2(CCN(C)CC2)OC1C. The molecule has 0 N–H and O–H groups in total. The van der Waals surface area contributed by atoms with Crippen LogP contribution in [0.3, 0.4) is 0 Å². The largest absolute Gasteiger partial charge is 0.393 e. The number of hydrogen-bond donors (Lipinski definition) is 0. The van der Waals surface area contributed by atoms with Gasteiger partial charge in [-0.2, -0.15) is 0 Å². The molecule has 2 aliphatic rings. The second kappa shape index (κ2) is 5.99. The summed E-state index contributed by atoms with van der Waals surface area (Å²) >= 11 is 0. The molecule has 1 spiro atoms. The Balaban J connectivity index is 1.88. The fourth-order valence-electron chi connectivity index (χ4n) is 2.63. The molecule has 0 aromatic carbocycles. The van der Waals surface area contributed by atoms with Crippen LogP contribution >= 0.6 is 0 Å². The molecule has 0 saturated carbocycles. The van der Waals surface area contributed by atoms with E-state index in [-0.39, 0.29) is 11.7 Å². The van der Waals surface area contributed by atoms with Gasteiger partial charge in [0.15, 0.2) is 0 Å². The molecule has 2 rings (SSSR count).